The smallest absolute Gasteiger partial charge is 0.303 e. The Bertz CT molecular complexity index is 184. The lowest BCUT2D eigenvalue weighted by Crippen LogP contribution is -2.18. The summed E-state index contributed by atoms with van der Waals surface area (Å²) in [6.45, 7) is 2.12. The predicted octanol–water partition coefficient (Wildman–Crippen LogP) is 2.45. The van der Waals surface area contributed by atoms with E-state index in [0.29, 0.717) is 18.3 Å². The predicted molar refractivity (Wildman–Crippen MR) is 47.9 cm³/mol. The van der Waals surface area contributed by atoms with Gasteiger partial charge in [0.1, 0.15) is 0 Å². The summed E-state index contributed by atoms with van der Waals surface area (Å²) in [4.78, 5) is 10.5. The summed E-state index contributed by atoms with van der Waals surface area (Å²) in [6.07, 6.45) is 7.84. The zero-order valence-electron chi connectivity index (χ0n) is 7.49. The van der Waals surface area contributed by atoms with Crippen LogP contribution in [0.4, 0.5) is 0 Å². The maximum atomic E-state index is 10.5. The molecule has 0 amide bonds. The Morgan fingerprint density at radius 1 is 1.67 bits per heavy atom. The van der Waals surface area contributed by atoms with E-state index >= 15 is 0 Å². The molecule has 2 unspecified atom stereocenters. The summed E-state index contributed by atoms with van der Waals surface area (Å²) in [7, 11) is 0. The molecule has 68 valence electrons. The van der Waals surface area contributed by atoms with Crippen LogP contribution in [0.5, 0.6) is 0 Å². The van der Waals surface area contributed by atoms with Gasteiger partial charge in [-0.05, 0) is 31.1 Å². The molecule has 0 aromatic heterocycles. The van der Waals surface area contributed by atoms with E-state index in [-0.39, 0.29) is 0 Å². The minimum Gasteiger partial charge on any atom is -0.481 e. The summed E-state index contributed by atoms with van der Waals surface area (Å²) in [5.41, 5.74) is 0. The van der Waals surface area contributed by atoms with Crippen LogP contribution >= 0.6 is 0 Å². The van der Waals surface area contributed by atoms with Gasteiger partial charge in [-0.25, -0.2) is 0 Å². The third kappa shape index (κ3) is 2.36. The van der Waals surface area contributed by atoms with Crippen LogP contribution in [-0.4, -0.2) is 11.1 Å². The molecule has 2 nitrogen and oxygen atoms in total. The highest BCUT2D eigenvalue weighted by Gasteiger charge is 2.22. The average Bonchev–Trinajstić information content (AvgIpc) is 2.04. The van der Waals surface area contributed by atoms with E-state index in [1.165, 1.54) is 0 Å². The largest absolute Gasteiger partial charge is 0.481 e. The minimum absolute atomic E-state index is 0.336. The number of hydrogen-bond donors (Lipinski definition) is 1. The summed E-state index contributed by atoms with van der Waals surface area (Å²) in [5, 5.41) is 8.65. The number of carboxylic acid groups (broad SMARTS) is 1. The normalized spacial score (nSPS) is 28.8. The molecule has 0 aliphatic heterocycles. The Morgan fingerprint density at radius 2 is 2.42 bits per heavy atom. The molecule has 0 aromatic rings. The lowest BCUT2D eigenvalue weighted by molar-refractivity contribution is -0.138. The Kier molecular flexibility index (Phi) is 3.32. The molecule has 12 heavy (non-hydrogen) atoms. The standard InChI is InChI=1S/C10H16O2/c1-2-8-5-3-4-6-9(8)7-10(11)12/h3,5,8-9H,2,4,6-7H2,1H3,(H,11,12). The summed E-state index contributed by atoms with van der Waals surface area (Å²) < 4.78 is 0. The van der Waals surface area contributed by atoms with E-state index in [0.717, 1.165) is 19.3 Å². The summed E-state index contributed by atoms with van der Waals surface area (Å²) in [6, 6.07) is 0. The molecule has 1 rings (SSSR count). The monoisotopic (exact) mass is 168 g/mol. The van der Waals surface area contributed by atoms with E-state index < -0.39 is 5.97 Å². The Hall–Kier alpha value is -0.790. The van der Waals surface area contributed by atoms with E-state index in [1.54, 1.807) is 0 Å². The minimum atomic E-state index is -0.659. The van der Waals surface area contributed by atoms with Crippen molar-refractivity contribution in [1.29, 1.82) is 0 Å². The van der Waals surface area contributed by atoms with Crippen LogP contribution in [0.2, 0.25) is 0 Å². The molecule has 0 aromatic carbocycles. The summed E-state index contributed by atoms with van der Waals surface area (Å²) in [5.74, 6) is 0.209. The van der Waals surface area contributed by atoms with Crippen molar-refractivity contribution in [3.8, 4) is 0 Å². The second-order valence-electron chi connectivity index (χ2n) is 3.44. The fraction of sp³-hybridized carbons (Fsp3) is 0.700. The van der Waals surface area contributed by atoms with Gasteiger partial charge in [0.2, 0.25) is 0 Å². The number of hydrogen-bond acceptors (Lipinski definition) is 1. The molecule has 2 heteroatoms. The molecule has 0 spiro atoms. The van der Waals surface area contributed by atoms with Crippen LogP contribution in [0.25, 0.3) is 0 Å². The lowest BCUT2D eigenvalue weighted by Gasteiger charge is -2.24. The Balaban J connectivity index is 2.50. The van der Waals surface area contributed by atoms with Crippen LogP contribution in [-0.2, 0) is 4.79 Å². The van der Waals surface area contributed by atoms with Crippen molar-refractivity contribution in [1.82, 2.24) is 0 Å². The highest BCUT2D eigenvalue weighted by atomic mass is 16.4. The molecule has 0 fully saturated rings. The van der Waals surface area contributed by atoms with Gasteiger partial charge >= 0.3 is 5.97 Å². The van der Waals surface area contributed by atoms with Crippen LogP contribution in [0.15, 0.2) is 12.2 Å². The first-order valence-corrected chi connectivity index (χ1v) is 4.62. The second kappa shape index (κ2) is 4.29. The number of rotatable bonds is 3. The second-order valence-corrected chi connectivity index (χ2v) is 3.44. The molecule has 0 saturated carbocycles. The molecule has 1 aliphatic rings. The molecule has 0 bridgehead atoms. The number of allylic oxidation sites excluding steroid dienone is 2. The van der Waals surface area contributed by atoms with Gasteiger partial charge in [0, 0.05) is 6.42 Å². The van der Waals surface area contributed by atoms with Crippen molar-refractivity contribution in [2.45, 2.75) is 32.6 Å². The number of carbonyl (C=O) groups is 1. The van der Waals surface area contributed by atoms with Crippen molar-refractivity contribution >= 4 is 5.97 Å². The lowest BCUT2D eigenvalue weighted by atomic mass is 9.80. The van der Waals surface area contributed by atoms with E-state index in [2.05, 4.69) is 19.1 Å². The zero-order chi connectivity index (χ0) is 8.97. The first-order valence-electron chi connectivity index (χ1n) is 4.62. The maximum Gasteiger partial charge on any atom is 0.303 e. The van der Waals surface area contributed by atoms with Gasteiger partial charge in [-0.3, -0.25) is 4.79 Å². The fourth-order valence-corrected chi connectivity index (χ4v) is 1.90. The molecular weight excluding hydrogens is 152 g/mol. The molecule has 0 radical (unpaired) electrons. The van der Waals surface area contributed by atoms with Gasteiger partial charge in [-0.1, -0.05) is 19.1 Å². The van der Waals surface area contributed by atoms with Gasteiger partial charge in [0.05, 0.1) is 0 Å². The Morgan fingerprint density at radius 3 is 3.00 bits per heavy atom. The highest BCUT2D eigenvalue weighted by molar-refractivity contribution is 5.67. The molecular formula is C10H16O2. The van der Waals surface area contributed by atoms with Crippen LogP contribution in [0.3, 0.4) is 0 Å². The molecule has 0 heterocycles. The summed E-state index contributed by atoms with van der Waals surface area (Å²) >= 11 is 0. The first kappa shape index (κ1) is 9.30. The molecule has 2 atom stereocenters. The van der Waals surface area contributed by atoms with E-state index in [1.807, 2.05) is 0 Å². The SMILES string of the molecule is CCC1C=CCCC1CC(=O)O. The molecule has 1 N–H and O–H groups in total. The zero-order valence-corrected chi connectivity index (χ0v) is 7.49. The van der Waals surface area contributed by atoms with Gasteiger partial charge < -0.3 is 5.11 Å². The van der Waals surface area contributed by atoms with Gasteiger partial charge in [-0.15, -0.1) is 0 Å². The highest BCUT2D eigenvalue weighted by Crippen LogP contribution is 2.29. The van der Waals surface area contributed by atoms with Crippen LogP contribution in [0, 0.1) is 11.8 Å². The van der Waals surface area contributed by atoms with Crippen LogP contribution < -0.4 is 0 Å². The molecule has 1 aliphatic carbocycles. The number of carboxylic acids is 1. The van der Waals surface area contributed by atoms with Crippen molar-refractivity contribution in [3.05, 3.63) is 12.2 Å². The van der Waals surface area contributed by atoms with Gasteiger partial charge in [0.15, 0.2) is 0 Å². The van der Waals surface area contributed by atoms with Crippen molar-refractivity contribution in [3.63, 3.8) is 0 Å². The third-order valence-electron chi connectivity index (χ3n) is 2.60. The van der Waals surface area contributed by atoms with Gasteiger partial charge in [0.25, 0.3) is 0 Å². The van der Waals surface area contributed by atoms with E-state index in [4.69, 9.17) is 5.11 Å². The Labute approximate surface area is 73.3 Å². The van der Waals surface area contributed by atoms with Crippen molar-refractivity contribution in [2.75, 3.05) is 0 Å². The van der Waals surface area contributed by atoms with Crippen molar-refractivity contribution < 1.29 is 9.90 Å². The quantitative estimate of drug-likeness (QED) is 0.657. The topological polar surface area (TPSA) is 37.3 Å². The third-order valence-corrected chi connectivity index (χ3v) is 2.60. The fourth-order valence-electron chi connectivity index (χ4n) is 1.90. The number of aliphatic carboxylic acids is 1. The average molecular weight is 168 g/mol. The van der Waals surface area contributed by atoms with E-state index in [9.17, 15) is 4.79 Å². The van der Waals surface area contributed by atoms with Gasteiger partial charge in [-0.2, -0.15) is 0 Å². The first-order chi connectivity index (χ1) is 5.74. The maximum absolute atomic E-state index is 10.5. The van der Waals surface area contributed by atoms with Crippen molar-refractivity contribution in [2.24, 2.45) is 11.8 Å². The molecule has 0 saturated heterocycles. The van der Waals surface area contributed by atoms with Crippen LogP contribution in [0.1, 0.15) is 32.6 Å².